The Morgan fingerprint density at radius 3 is 2.58 bits per heavy atom. The summed E-state index contributed by atoms with van der Waals surface area (Å²) in [6.07, 6.45) is 3.32. The van der Waals surface area contributed by atoms with Gasteiger partial charge in [0, 0.05) is 43.7 Å². The maximum atomic E-state index is 14.5. The summed E-state index contributed by atoms with van der Waals surface area (Å²) < 4.78 is 14.5. The van der Waals surface area contributed by atoms with Crippen LogP contribution in [0.1, 0.15) is 17.0 Å². The van der Waals surface area contributed by atoms with E-state index in [1.54, 1.807) is 6.20 Å². The van der Waals surface area contributed by atoms with Crippen LogP contribution in [0.4, 0.5) is 21.6 Å². The van der Waals surface area contributed by atoms with Gasteiger partial charge in [0.05, 0.1) is 23.6 Å². The quantitative estimate of drug-likeness (QED) is 0.501. The van der Waals surface area contributed by atoms with E-state index in [0.717, 1.165) is 48.2 Å². The highest BCUT2D eigenvalue weighted by atomic mass is 19.1. The summed E-state index contributed by atoms with van der Waals surface area (Å²) in [4.78, 5) is 13.4. The Labute approximate surface area is 192 Å². The van der Waals surface area contributed by atoms with Crippen LogP contribution in [0.5, 0.6) is 0 Å². The van der Waals surface area contributed by atoms with Gasteiger partial charge in [0.25, 0.3) is 0 Å². The molecule has 0 amide bonds. The van der Waals surface area contributed by atoms with Crippen LogP contribution >= 0.6 is 0 Å². The Hall–Kier alpha value is -3.65. The van der Waals surface area contributed by atoms with Gasteiger partial charge in [0.2, 0.25) is 0 Å². The number of benzene rings is 2. The van der Waals surface area contributed by atoms with E-state index in [0.29, 0.717) is 17.9 Å². The number of hydrogen-bond donors (Lipinski definition) is 1. The zero-order chi connectivity index (χ0) is 22.8. The van der Waals surface area contributed by atoms with Gasteiger partial charge in [-0.05, 0) is 37.2 Å². The number of nitrogens with zero attached hydrogens (tertiary/aromatic N) is 6. The monoisotopic (exact) mass is 443 g/mol. The summed E-state index contributed by atoms with van der Waals surface area (Å²) in [6.45, 7) is 6.18. The van der Waals surface area contributed by atoms with Gasteiger partial charge in [0.15, 0.2) is 11.6 Å². The summed E-state index contributed by atoms with van der Waals surface area (Å²) in [5, 5.41) is 12.2. The average molecular weight is 444 g/mol. The van der Waals surface area contributed by atoms with Crippen molar-refractivity contribution in [3.05, 3.63) is 77.6 Å². The number of aryl methyl sites for hydroxylation is 1. The van der Waals surface area contributed by atoms with Crippen LogP contribution in [0.2, 0.25) is 0 Å². The number of piperazine rings is 1. The molecule has 7 nitrogen and oxygen atoms in total. The van der Waals surface area contributed by atoms with Crippen molar-refractivity contribution in [1.82, 2.24) is 25.1 Å². The van der Waals surface area contributed by atoms with Gasteiger partial charge in [0.1, 0.15) is 5.82 Å². The Morgan fingerprint density at radius 2 is 1.79 bits per heavy atom. The Morgan fingerprint density at radius 1 is 1.00 bits per heavy atom. The van der Waals surface area contributed by atoms with Gasteiger partial charge >= 0.3 is 0 Å². The maximum absolute atomic E-state index is 14.5. The summed E-state index contributed by atoms with van der Waals surface area (Å²) in [6, 6.07) is 14.3. The van der Waals surface area contributed by atoms with Crippen molar-refractivity contribution >= 4 is 28.1 Å². The fraction of sp³-hybridized carbons (Fsp3) is 0.280. The predicted molar refractivity (Wildman–Crippen MR) is 129 cm³/mol. The lowest BCUT2D eigenvalue weighted by molar-refractivity contribution is 0.313. The minimum atomic E-state index is -0.512. The first kappa shape index (κ1) is 21.2. The number of likely N-dealkylation sites (N-methyl/N-ethyl adjacent to an activating group) is 1. The van der Waals surface area contributed by atoms with Crippen molar-refractivity contribution in [2.24, 2.45) is 0 Å². The molecule has 5 rings (SSSR count). The standard InChI is InChI=1S/C25H26FN7/c1-17-4-3-5-20-22(16-28-31-24(17)20)29-25-21(26)15-27-23(30-25)14-18-6-8-19(9-7-18)33-12-10-32(2)11-13-33/h3-9,15-16H,10-14H2,1-2H3,(H,27,29,30,31). The summed E-state index contributed by atoms with van der Waals surface area (Å²) >= 11 is 0. The lowest BCUT2D eigenvalue weighted by Gasteiger charge is -2.34. The number of halogens is 1. The summed E-state index contributed by atoms with van der Waals surface area (Å²) in [7, 11) is 2.15. The van der Waals surface area contributed by atoms with Crippen LogP contribution < -0.4 is 10.2 Å². The second-order valence-electron chi connectivity index (χ2n) is 8.47. The molecule has 4 aromatic rings. The fourth-order valence-corrected chi connectivity index (χ4v) is 4.10. The number of fused-ring (bicyclic) bond motifs is 1. The second kappa shape index (κ2) is 9.07. The van der Waals surface area contributed by atoms with E-state index in [4.69, 9.17) is 0 Å². The fourth-order valence-electron chi connectivity index (χ4n) is 4.10. The molecule has 3 heterocycles. The third kappa shape index (κ3) is 4.61. The number of aromatic nitrogens is 4. The minimum Gasteiger partial charge on any atom is -0.369 e. The smallest absolute Gasteiger partial charge is 0.184 e. The van der Waals surface area contributed by atoms with Crippen LogP contribution in [0.3, 0.4) is 0 Å². The third-order valence-corrected chi connectivity index (χ3v) is 6.09. The van der Waals surface area contributed by atoms with E-state index in [1.165, 1.54) is 11.9 Å². The molecule has 0 saturated carbocycles. The Kier molecular flexibility index (Phi) is 5.83. The predicted octanol–water partition coefficient (Wildman–Crippen LogP) is 3.95. The molecule has 1 saturated heterocycles. The van der Waals surface area contributed by atoms with Gasteiger partial charge in [-0.15, -0.1) is 0 Å². The first-order chi connectivity index (χ1) is 16.1. The molecule has 33 heavy (non-hydrogen) atoms. The van der Waals surface area contributed by atoms with E-state index in [-0.39, 0.29) is 5.82 Å². The topological polar surface area (TPSA) is 70.1 Å². The number of anilines is 3. The average Bonchev–Trinajstić information content (AvgIpc) is 2.83. The summed E-state index contributed by atoms with van der Waals surface area (Å²) in [5.74, 6) is 0.167. The van der Waals surface area contributed by atoms with E-state index in [2.05, 4.69) is 66.6 Å². The molecular weight excluding hydrogens is 417 g/mol. The normalized spacial score (nSPS) is 14.6. The van der Waals surface area contributed by atoms with Crippen LogP contribution in [0.25, 0.3) is 10.9 Å². The summed E-state index contributed by atoms with van der Waals surface area (Å²) in [5.41, 5.74) is 4.74. The largest absolute Gasteiger partial charge is 0.369 e. The van der Waals surface area contributed by atoms with Gasteiger partial charge < -0.3 is 15.1 Å². The molecule has 8 heteroatoms. The third-order valence-electron chi connectivity index (χ3n) is 6.09. The first-order valence-corrected chi connectivity index (χ1v) is 11.1. The molecule has 168 valence electrons. The molecule has 0 aliphatic carbocycles. The SMILES string of the molecule is Cc1cccc2c(Nc3nc(Cc4ccc(N5CCN(C)CC5)cc4)ncc3F)cnnc12. The second-order valence-corrected chi connectivity index (χ2v) is 8.47. The van der Waals surface area contributed by atoms with Gasteiger partial charge in [-0.25, -0.2) is 14.4 Å². The van der Waals surface area contributed by atoms with Gasteiger partial charge in [-0.3, -0.25) is 0 Å². The van der Waals surface area contributed by atoms with Crippen molar-refractivity contribution in [2.45, 2.75) is 13.3 Å². The lowest BCUT2D eigenvalue weighted by Crippen LogP contribution is -2.44. The van der Waals surface area contributed by atoms with Crippen LogP contribution in [-0.4, -0.2) is 58.3 Å². The minimum absolute atomic E-state index is 0.130. The molecule has 2 aromatic carbocycles. The van der Waals surface area contributed by atoms with Crippen molar-refractivity contribution < 1.29 is 4.39 Å². The molecule has 0 radical (unpaired) electrons. The van der Waals surface area contributed by atoms with Crippen LogP contribution in [0, 0.1) is 12.7 Å². The molecule has 1 fully saturated rings. The Balaban J connectivity index is 1.34. The number of hydrogen-bond acceptors (Lipinski definition) is 7. The zero-order valence-electron chi connectivity index (χ0n) is 18.8. The molecule has 0 atom stereocenters. The lowest BCUT2D eigenvalue weighted by atomic mass is 10.1. The highest BCUT2D eigenvalue weighted by Crippen LogP contribution is 2.26. The number of rotatable bonds is 5. The molecule has 0 bridgehead atoms. The maximum Gasteiger partial charge on any atom is 0.184 e. The Bertz CT molecular complexity index is 1270. The molecule has 1 aliphatic heterocycles. The van der Waals surface area contributed by atoms with Crippen molar-refractivity contribution in [3.63, 3.8) is 0 Å². The van der Waals surface area contributed by atoms with Crippen LogP contribution in [0.15, 0.2) is 54.9 Å². The molecule has 1 N–H and O–H groups in total. The molecular formula is C25H26FN7. The van der Waals surface area contributed by atoms with Crippen molar-refractivity contribution in [1.29, 1.82) is 0 Å². The van der Waals surface area contributed by atoms with Crippen molar-refractivity contribution in [2.75, 3.05) is 43.4 Å². The van der Waals surface area contributed by atoms with E-state index in [1.807, 2.05) is 25.1 Å². The van der Waals surface area contributed by atoms with E-state index in [9.17, 15) is 4.39 Å². The molecule has 0 spiro atoms. The van der Waals surface area contributed by atoms with Gasteiger partial charge in [-0.1, -0.05) is 30.3 Å². The van der Waals surface area contributed by atoms with E-state index < -0.39 is 5.82 Å². The molecule has 0 unspecified atom stereocenters. The molecule has 2 aromatic heterocycles. The highest BCUT2D eigenvalue weighted by Gasteiger charge is 2.15. The first-order valence-electron chi connectivity index (χ1n) is 11.1. The molecule has 1 aliphatic rings. The van der Waals surface area contributed by atoms with Crippen LogP contribution in [-0.2, 0) is 6.42 Å². The number of nitrogens with one attached hydrogen (secondary N) is 1. The van der Waals surface area contributed by atoms with Gasteiger partial charge in [-0.2, -0.15) is 10.2 Å². The van der Waals surface area contributed by atoms with Crippen molar-refractivity contribution in [3.8, 4) is 0 Å². The zero-order valence-corrected chi connectivity index (χ0v) is 18.8. The van der Waals surface area contributed by atoms with E-state index >= 15 is 0 Å². The highest BCUT2D eigenvalue weighted by molar-refractivity contribution is 5.93.